The smallest absolute Gasteiger partial charge is 0.307 e. The summed E-state index contributed by atoms with van der Waals surface area (Å²) in [6.45, 7) is 3.53. The van der Waals surface area contributed by atoms with Crippen molar-refractivity contribution in [2.45, 2.75) is 6.92 Å². The van der Waals surface area contributed by atoms with Crippen LogP contribution in [0.4, 0.5) is 38.5 Å². The van der Waals surface area contributed by atoms with Gasteiger partial charge in [0, 0.05) is 52.1 Å². The van der Waals surface area contributed by atoms with Crippen LogP contribution in [-0.2, 0) is 14.3 Å². The monoisotopic (exact) mass is 448 g/mol. The van der Waals surface area contributed by atoms with E-state index in [-0.39, 0.29) is 17.3 Å². The number of nitrogens with one attached hydrogen (secondary N) is 1. The van der Waals surface area contributed by atoms with Gasteiger partial charge in [-0.1, -0.05) is 0 Å². The molecule has 12 heteroatoms. The van der Waals surface area contributed by atoms with E-state index in [0.29, 0.717) is 37.7 Å². The second kappa shape index (κ2) is 11.7. The maximum atomic E-state index is 13.9. The van der Waals surface area contributed by atoms with Gasteiger partial charge in [0.05, 0.1) is 29.5 Å². The third kappa shape index (κ3) is 6.68. The Balaban J connectivity index is 2.39. The van der Waals surface area contributed by atoms with Gasteiger partial charge in [-0.2, -0.15) is 4.39 Å². The molecule has 32 heavy (non-hydrogen) atoms. The third-order valence-corrected chi connectivity index (χ3v) is 4.34. The molecule has 172 valence electrons. The number of azo groups is 1. The van der Waals surface area contributed by atoms with Gasteiger partial charge < -0.3 is 25.4 Å². The molecule has 3 N–H and O–H groups in total. The second-order valence-electron chi connectivity index (χ2n) is 6.67. The molecule has 0 radical (unpaired) electrons. The Morgan fingerprint density at radius 3 is 2.34 bits per heavy atom. The van der Waals surface area contributed by atoms with Crippen LogP contribution in [0.15, 0.2) is 40.6 Å². The van der Waals surface area contributed by atoms with Crippen molar-refractivity contribution in [2.75, 3.05) is 56.5 Å². The van der Waals surface area contributed by atoms with Crippen LogP contribution in [0.2, 0.25) is 0 Å². The first-order valence-corrected chi connectivity index (χ1v) is 9.56. The van der Waals surface area contributed by atoms with E-state index in [1.54, 1.807) is 32.4 Å². The number of nitrogens with two attached hydrogens (primary N) is 1. The quantitative estimate of drug-likeness (QED) is 0.230. The zero-order chi connectivity index (χ0) is 23.7. The number of nitrogen functional groups attached to an aromatic ring is 1. The molecule has 2 aromatic rings. The fourth-order valence-corrected chi connectivity index (χ4v) is 2.77. The Morgan fingerprint density at radius 1 is 1.16 bits per heavy atom. The normalized spacial score (nSPS) is 11.0. The molecule has 0 spiro atoms. The van der Waals surface area contributed by atoms with Gasteiger partial charge in [0.1, 0.15) is 11.4 Å². The summed E-state index contributed by atoms with van der Waals surface area (Å²) < 4.78 is 24.2. The second-order valence-corrected chi connectivity index (χ2v) is 6.67. The lowest BCUT2D eigenvalue weighted by atomic mass is 10.2. The Hall–Kier alpha value is -3.64. The molecule has 0 saturated carbocycles. The summed E-state index contributed by atoms with van der Waals surface area (Å²) in [7, 11) is 3.21. The van der Waals surface area contributed by atoms with Crippen LogP contribution in [0, 0.1) is 15.9 Å². The summed E-state index contributed by atoms with van der Waals surface area (Å²) in [5.41, 5.74) is 6.27. The Bertz CT molecular complexity index is 993. The van der Waals surface area contributed by atoms with Crippen molar-refractivity contribution >= 4 is 40.0 Å². The molecule has 0 atom stereocenters. The summed E-state index contributed by atoms with van der Waals surface area (Å²) in [5, 5.41) is 21.5. The Morgan fingerprint density at radius 2 is 1.78 bits per heavy atom. The number of rotatable bonds is 11. The number of anilines is 3. The average Bonchev–Trinajstić information content (AvgIpc) is 2.74. The number of amides is 1. The predicted octanol–water partition coefficient (Wildman–Crippen LogP) is 3.79. The van der Waals surface area contributed by atoms with Crippen LogP contribution >= 0.6 is 0 Å². The van der Waals surface area contributed by atoms with E-state index in [2.05, 4.69) is 15.5 Å². The number of nitrogens with zero attached hydrogens (tertiary/aromatic N) is 4. The zero-order valence-corrected chi connectivity index (χ0v) is 18.0. The van der Waals surface area contributed by atoms with Crippen LogP contribution in [0.3, 0.4) is 0 Å². The van der Waals surface area contributed by atoms with E-state index < -0.39 is 16.4 Å². The first kappa shape index (κ1) is 24.6. The third-order valence-electron chi connectivity index (χ3n) is 4.34. The summed E-state index contributed by atoms with van der Waals surface area (Å²) >= 11 is 0. The lowest BCUT2D eigenvalue weighted by Gasteiger charge is -2.25. The number of carbonyl (C=O) groups is 1. The van der Waals surface area contributed by atoms with Crippen LogP contribution in [0.1, 0.15) is 6.92 Å². The molecule has 0 fully saturated rings. The highest BCUT2D eigenvalue weighted by Gasteiger charge is 2.17. The van der Waals surface area contributed by atoms with E-state index in [0.717, 1.165) is 17.8 Å². The molecule has 0 saturated heterocycles. The van der Waals surface area contributed by atoms with Crippen LogP contribution in [0.25, 0.3) is 0 Å². The van der Waals surface area contributed by atoms with Gasteiger partial charge in [-0.05, 0) is 18.2 Å². The highest BCUT2D eigenvalue weighted by molar-refractivity contribution is 5.93. The number of halogens is 1. The summed E-state index contributed by atoms with van der Waals surface area (Å²) in [6, 6.07) is 6.85. The number of hydrogen-bond donors (Lipinski definition) is 2. The van der Waals surface area contributed by atoms with Gasteiger partial charge in [0.2, 0.25) is 11.7 Å². The van der Waals surface area contributed by atoms with E-state index in [9.17, 15) is 19.3 Å². The van der Waals surface area contributed by atoms with E-state index in [1.165, 1.54) is 6.92 Å². The lowest BCUT2D eigenvalue weighted by molar-refractivity contribution is -0.387. The van der Waals surface area contributed by atoms with Gasteiger partial charge in [0.25, 0.3) is 0 Å². The number of methoxy groups -OCH3 is 2. The van der Waals surface area contributed by atoms with Gasteiger partial charge in [-0.25, -0.2) is 0 Å². The summed E-state index contributed by atoms with van der Waals surface area (Å²) in [5.74, 6) is -1.40. The molecule has 0 aliphatic heterocycles. The minimum absolute atomic E-state index is 0.0761. The lowest BCUT2D eigenvalue weighted by Crippen LogP contribution is -2.30. The maximum Gasteiger partial charge on any atom is 0.307 e. The van der Waals surface area contributed by atoms with Crippen LogP contribution < -0.4 is 16.0 Å². The van der Waals surface area contributed by atoms with Gasteiger partial charge in [-0.3, -0.25) is 14.9 Å². The zero-order valence-electron chi connectivity index (χ0n) is 18.0. The van der Waals surface area contributed by atoms with Crippen LogP contribution in [0.5, 0.6) is 0 Å². The fourth-order valence-electron chi connectivity index (χ4n) is 2.77. The van der Waals surface area contributed by atoms with E-state index >= 15 is 0 Å². The van der Waals surface area contributed by atoms with Crippen molar-refractivity contribution < 1.29 is 23.6 Å². The van der Waals surface area contributed by atoms with E-state index in [1.807, 2.05) is 4.90 Å². The molecule has 11 nitrogen and oxygen atoms in total. The van der Waals surface area contributed by atoms with Crippen molar-refractivity contribution in [1.29, 1.82) is 0 Å². The number of ether oxygens (including phenoxy) is 2. The molecule has 0 aromatic heterocycles. The van der Waals surface area contributed by atoms with Crippen LogP contribution in [-0.4, -0.2) is 51.4 Å². The highest BCUT2D eigenvalue weighted by Crippen LogP contribution is 2.34. The molecule has 2 aromatic carbocycles. The molecule has 0 unspecified atom stereocenters. The van der Waals surface area contributed by atoms with Crippen molar-refractivity contribution in [1.82, 2.24) is 0 Å². The minimum atomic E-state index is -1.08. The standard InChI is InChI=1S/C20H25FN6O5/c1-13(28)23-19-10-14(26(6-8-31-2)7-9-32-3)4-5-17(19)24-25-18-11-15(21)20(27(29)30)12-16(18)22/h4-5,10-12H,6-9,22H2,1-3H3,(H,23,28)/b25-24+. The largest absolute Gasteiger partial charge is 0.397 e. The first-order chi connectivity index (χ1) is 15.3. The molecule has 0 aliphatic carbocycles. The molecular formula is C20H25FN6O5. The number of carbonyl (C=O) groups excluding carboxylic acids is 1. The van der Waals surface area contributed by atoms with Gasteiger partial charge in [0.15, 0.2) is 0 Å². The SMILES string of the molecule is COCCN(CCOC)c1ccc(/N=N/c2cc(F)c([N+](=O)[O-])cc2N)c(NC(C)=O)c1. The Kier molecular flexibility index (Phi) is 8.98. The minimum Gasteiger partial charge on any atom is -0.397 e. The predicted molar refractivity (Wildman–Crippen MR) is 118 cm³/mol. The molecule has 0 aliphatic rings. The first-order valence-electron chi connectivity index (χ1n) is 9.56. The number of benzene rings is 2. The summed E-state index contributed by atoms with van der Waals surface area (Å²) in [6.07, 6.45) is 0. The van der Waals surface area contributed by atoms with Gasteiger partial charge >= 0.3 is 5.69 Å². The van der Waals surface area contributed by atoms with Crippen molar-refractivity contribution in [2.24, 2.45) is 10.2 Å². The molecular weight excluding hydrogens is 423 g/mol. The fraction of sp³-hybridized carbons (Fsp3) is 0.350. The molecule has 0 heterocycles. The van der Waals surface area contributed by atoms with Crippen molar-refractivity contribution in [3.05, 3.63) is 46.3 Å². The van der Waals surface area contributed by atoms with Gasteiger partial charge in [-0.15, -0.1) is 10.2 Å². The molecule has 2 rings (SSSR count). The number of hydrogen-bond acceptors (Lipinski definition) is 9. The van der Waals surface area contributed by atoms with E-state index in [4.69, 9.17) is 15.2 Å². The molecule has 0 bridgehead atoms. The number of nitro benzene ring substituents is 1. The van der Waals surface area contributed by atoms with Crippen molar-refractivity contribution in [3.63, 3.8) is 0 Å². The Labute approximate surface area is 184 Å². The maximum absolute atomic E-state index is 13.9. The highest BCUT2D eigenvalue weighted by atomic mass is 19.1. The summed E-state index contributed by atoms with van der Waals surface area (Å²) in [4.78, 5) is 23.7. The molecule has 1 amide bonds. The average molecular weight is 448 g/mol. The number of nitro groups is 1. The topological polar surface area (TPSA) is 145 Å². The van der Waals surface area contributed by atoms with Crippen molar-refractivity contribution in [3.8, 4) is 0 Å².